The van der Waals surface area contributed by atoms with Crippen molar-refractivity contribution in [2.75, 3.05) is 0 Å². The third-order valence-electron chi connectivity index (χ3n) is 3.14. The summed E-state index contributed by atoms with van der Waals surface area (Å²) in [5, 5.41) is 0. The van der Waals surface area contributed by atoms with Gasteiger partial charge in [-0.25, -0.2) is 0 Å². The standard InChI is InChI=1S/2C5H11N2.2Y/c2*6-4-2-1-3-5(4)7;;/h2*4-6H,1-3,7H2;;/q2*-1;;/t2*4-,5-;;/m10../s1. The van der Waals surface area contributed by atoms with E-state index in [1.165, 1.54) is 0 Å². The van der Waals surface area contributed by atoms with Crippen LogP contribution in [-0.4, -0.2) is 24.2 Å². The molecule has 2 aliphatic rings. The minimum atomic E-state index is 0. The second kappa shape index (κ2) is 10.9. The van der Waals surface area contributed by atoms with Crippen molar-refractivity contribution in [3.8, 4) is 0 Å². The van der Waals surface area contributed by atoms with E-state index in [1.54, 1.807) is 0 Å². The van der Waals surface area contributed by atoms with Crippen LogP contribution in [0.2, 0.25) is 0 Å². The van der Waals surface area contributed by atoms with Crippen LogP contribution in [0.25, 0.3) is 11.5 Å². The van der Waals surface area contributed by atoms with E-state index in [1.807, 2.05) is 0 Å². The zero-order valence-electron chi connectivity index (χ0n) is 9.86. The first-order valence-electron chi connectivity index (χ1n) is 5.54. The van der Waals surface area contributed by atoms with Crippen molar-refractivity contribution < 1.29 is 65.4 Å². The van der Waals surface area contributed by atoms with Gasteiger partial charge in [0.25, 0.3) is 0 Å². The smallest absolute Gasteiger partial charge is 0 e. The van der Waals surface area contributed by atoms with E-state index < -0.39 is 0 Å². The van der Waals surface area contributed by atoms with Crippen LogP contribution in [0.5, 0.6) is 0 Å². The fourth-order valence-electron chi connectivity index (χ4n) is 1.98. The van der Waals surface area contributed by atoms with Crippen LogP contribution in [0.4, 0.5) is 0 Å². The molecule has 4 atom stereocenters. The van der Waals surface area contributed by atoms with Gasteiger partial charge in [0.05, 0.1) is 0 Å². The number of hydrogen-bond acceptors (Lipinski definition) is 2. The predicted molar refractivity (Wildman–Crippen MR) is 59.9 cm³/mol. The first-order valence-corrected chi connectivity index (χ1v) is 5.54. The molecule has 6 N–H and O–H groups in total. The van der Waals surface area contributed by atoms with E-state index in [0.717, 1.165) is 38.5 Å². The number of nitrogens with two attached hydrogens (primary N) is 2. The van der Waals surface area contributed by atoms with Crippen LogP contribution >= 0.6 is 0 Å². The molecule has 0 aromatic rings. The average molecular weight is 376 g/mol. The minimum Gasteiger partial charge on any atom is -0.673 e. The van der Waals surface area contributed by atoms with E-state index in [4.69, 9.17) is 22.9 Å². The van der Waals surface area contributed by atoms with Gasteiger partial charge in [0.2, 0.25) is 0 Å². The Bertz CT molecular complexity index is 137. The molecule has 0 bridgehead atoms. The number of nitrogens with one attached hydrogen (secondary N) is 2. The van der Waals surface area contributed by atoms with E-state index in [-0.39, 0.29) is 89.6 Å². The second-order valence-electron chi connectivity index (χ2n) is 4.40. The second-order valence-corrected chi connectivity index (χ2v) is 4.40. The molecule has 0 aromatic carbocycles. The Balaban J connectivity index is 0. The first-order chi connectivity index (χ1) is 6.61. The molecule has 6 heteroatoms. The maximum absolute atomic E-state index is 7.21. The Labute approximate surface area is 149 Å². The van der Waals surface area contributed by atoms with E-state index in [2.05, 4.69) is 0 Å². The van der Waals surface area contributed by atoms with Crippen molar-refractivity contribution in [3.63, 3.8) is 0 Å². The maximum atomic E-state index is 7.21. The van der Waals surface area contributed by atoms with Gasteiger partial charge in [-0.1, -0.05) is 25.7 Å². The number of rotatable bonds is 0. The quantitative estimate of drug-likeness (QED) is 0.674. The summed E-state index contributed by atoms with van der Waals surface area (Å²) in [6.45, 7) is 0. The third kappa shape index (κ3) is 7.48. The van der Waals surface area contributed by atoms with Gasteiger partial charge in [-0.3, -0.25) is 0 Å². The summed E-state index contributed by atoms with van der Waals surface area (Å²) >= 11 is 0. The summed E-state index contributed by atoms with van der Waals surface area (Å²) in [6.07, 6.45) is 6.48. The van der Waals surface area contributed by atoms with E-state index in [9.17, 15) is 0 Å². The van der Waals surface area contributed by atoms with Crippen LogP contribution < -0.4 is 11.5 Å². The molecular weight excluding hydrogens is 354 g/mol. The molecule has 2 radical (unpaired) electrons. The van der Waals surface area contributed by atoms with Crippen LogP contribution in [-0.2, 0) is 65.4 Å². The largest absolute Gasteiger partial charge is 0.673 e. The number of hydrogen-bond donors (Lipinski definition) is 2. The Hall–Kier alpha value is 2.05. The third-order valence-corrected chi connectivity index (χ3v) is 3.14. The van der Waals surface area contributed by atoms with Gasteiger partial charge < -0.3 is 22.9 Å². The minimum absolute atomic E-state index is 0. The Kier molecular flexibility index (Phi) is 13.9. The summed E-state index contributed by atoms with van der Waals surface area (Å²) < 4.78 is 0. The van der Waals surface area contributed by atoms with Crippen LogP contribution in [0.15, 0.2) is 0 Å². The van der Waals surface area contributed by atoms with Gasteiger partial charge in [0, 0.05) is 65.4 Å². The van der Waals surface area contributed by atoms with Crippen molar-refractivity contribution in [1.82, 2.24) is 0 Å². The van der Waals surface area contributed by atoms with Gasteiger partial charge in [-0.15, -0.1) is 12.1 Å². The van der Waals surface area contributed by atoms with Crippen molar-refractivity contribution >= 4 is 0 Å². The summed E-state index contributed by atoms with van der Waals surface area (Å²) in [7, 11) is 0. The van der Waals surface area contributed by atoms with Crippen molar-refractivity contribution in [2.24, 2.45) is 11.5 Å². The van der Waals surface area contributed by atoms with Crippen LogP contribution in [0.1, 0.15) is 38.5 Å². The SMILES string of the molecule is [NH-][C@@H]1CCC[C@H]1N.[NH-][C@H]1CCC[C@@H]1N.[Y].[Y]. The normalized spacial score (nSPS) is 36.8. The Morgan fingerprint density at radius 2 is 1.00 bits per heavy atom. The summed E-state index contributed by atoms with van der Waals surface area (Å²) in [4.78, 5) is 0. The molecule has 0 amide bonds. The molecule has 2 rings (SSSR count). The maximum Gasteiger partial charge on any atom is 0 e. The van der Waals surface area contributed by atoms with Crippen LogP contribution in [0.3, 0.4) is 0 Å². The van der Waals surface area contributed by atoms with Crippen LogP contribution in [0, 0.1) is 0 Å². The molecule has 0 spiro atoms. The molecule has 0 heterocycles. The average Bonchev–Trinajstić information content (AvgIpc) is 2.67. The molecular formula is C10H22N4Y2-2. The fourth-order valence-corrected chi connectivity index (χ4v) is 1.98. The summed E-state index contributed by atoms with van der Waals surface area (Å²) in [5.41, 5.74) is 25.4. The molecule has 0 unspecified atom stereocenters. The molecule has 2 aliphatic carbocycles. The molecule has 4 nitrogen and oxygen atoms in total. The molecule has 2 fully saturated rings. The van der Waals surface area contributed by atoms with Gasteiger partial charge in [-0.2, -0.15) is 0 Å². The van der Waals surface area contributed by atoms with Gasteiger partial charge in [0.1, 0.15) is 0 Å². The zero-order valence-corrected chi connectivity index (χ0v) is 15.5. The monoisotopic (exact) mass is 376 g/mol. The van der Waals surface area contributed by atoms with Crippen molar-refractivity contribution in [2.45, 2.75) is 62.7 Å². The molecule has 90 valence electrons. The van der Waals surface area contributed by atoms with Crippen molar-refractivity contribution in [3.05, 3.63) is 11.5 Å². The first kappa shape index (κ1) is 20.4. The fraction of sp³-hybridized carbons (Fsp3) is 1.00. The topological polar surface area (TPSA) is 99.6 Å². The van der Waals surface area contributed by atoms with Gasteiger partial charge in [0.15, 0.2) is 0 Å². The zero-order chi connectivity index (χ0) is 10.6. The van der Waals surface area contributed by atoms with Gasteiger partial charge >= 0.3 is 0 Å². The summed E-state index contributed by atoms with van der Waals surface area (Å²) in [6, 6.07) is 0.444. The van der Waals surface area contributed by atoms with E-state index >= 15 is 0 Å². The van der Waals surface area contributed by atoms with Gasteiger partial charge in [-0.05, 0) is 24.9 Å². The molecule has 0 aromatic heterocycles. The predicted octanol–water partition coefficient (Wildman–Crippen LogP) is 1.83. The Morgan fingerprint density at radius 1 is 0.688 bits per heavy atom. The summed E-state index contributed by atoms with van der Waals surface area (Å²) in [5.74, 6) is 0. The molecule has 0 aliphatic heterocycles. The Morgan fingerprint density at radius 3 is 1.06 bits per heavy atom. The van der Waals surface area contributed by atoms with Crippen molar-refractivity contribution in [1.29, 1.82) is 0 Å². The van der Waals surface area contributed by atoms with E-state index in [0.29, 0.717) is 0 Å². The molecule has 2 saturated carbocycles. The molecule has 0 saturated heterocycles. The molecule has 16 heavy (non-hydrogen) atoms.